The minimum absolute atomic E-state index is 0.290. The molecule has 0 atom stereocenters. The van der Waals surface area contributed by atoms with Crippen LogP contribution in [-0.4, -0.2) is 38.0 Å². The lowest BCUT2D eigenvalue weighted by molar-refractivity contribution is 0.0524. The van der Waals surface area contributed by atoms with E-state index in [1.165, 1.54) is 23.3 Å². The standard InChI is InChI=1S/C12H15N5O3/c1-3-20-12(19)9-5-14-16(2)10(9)7-17-6-8(4-15-17)11(13)18/h4-6H,3,7H2,1-2H3,(H2,13,18). The van der Waals surface area contributed by atoms with Gasteiger partial charge in [-0.3, -0.25) is 14.2 Å². The molecule has 2 aromatic rings. The van der Waals surface area contributed by atoms with E-state index in [0.29, 0.717) is 23.4 Å². The molecule has 0 saturated carbocycles. The number of hydrogen-bond donors (Lipinski definition) is 1. The molecule has 0 aromatic carbocycles. The summed E-state index contributed by atoms with van der Waals surface area (Å²) in [5, 5.41) is 8.06. The maximum atomic E-state index is 11.8. The predicted molar refractivity (Wildman–Crippen MR) is 69.0 cm³/mol. The Morgan fingerprint density at radius 2 is 2.10 bits per heavy atom. The van der Waals surface area contributed by atoms with Crippen LogP contribution in [0.4, 0.5) is 0 Å². The summed E-state index contributed by atoms with van der Waals surface area (Å²) in [6.45, 7) is 2.32. The zero-order valence-corrected chi connectivity index (χ0v) is 11.2. The number of carbonyl (C=O) groups excluding carboxylic acids is 2. The van der Waals surface area contributed by atoms with Crippen molar-refractivity contribution in [3.63, 3.8) is 0 Å². The molecule has 2 aromatic heterocycles. The molecule has 106 valence electrons. The molecule has 0 bridgehead atoms. The largest absolute Gasteiger partial charge is 0.462 e. The fourth-order valence-corrected chi connectivity index (χ4v) is 1.76. The van der Waals surface area contributed by atoms with Crippen LogP contribution in [0.3, 0.4) is 0 Å². The van der Waals surface area contributed by atoms with Gasteiger partial charge in [0.15, 0.2) is 0 Å². The number of aryl methyl sites for hydroxylation is 1. The van der Waals surface area contributed by atoms with Crippen molar-refractivity contribution in [3.05, 3.63) is 35.4 Å². The lowest BCUT2D eigenvalue weighted by Crippen LogP contribution is -2.13. The van der Waals surface area contributed by atoms with Crippen LogP contribution < -0.4 is 5.73 Å². The molecule has 2 rings (SSSR count). The summed E-state index contributed by atoms with van der Waals surface area (Å²) in [7, 11) is 1.72. The molecule has 1 amide bonds. The van der Waals surface area contributed by atoms with Crippen molar-refractivity contribution < 1.29 is 14.3 Å². The Kier molecular flexibility index (Phi) is 3.83. The van der Waals surface area contributed by atoms with Gasteiger partial charge in [0.2, 0.25) is 0 Å². The molecule has 20 heavy (non-hydrogen) atoms. The smallest absolute Gasteiger partial charge is 0.341 e. The van der Waals surface area contributed by atoms with E-state index in [1.807, 2.05) is 0 Å². The predicted octanol–water partition coefficient (Wildman–Crippen LogP) is -0.0595. The van der Waals surface area contributed by atoms with E-state index in [4.69, 9.17) is 10.5 Å². The number of carbonyl (C=O) groups is 2. The number of esters is 1. The Hall–Kier alpha value is -2.64. The van der Waals surface area contributed by atoms with Gasteiger partial charge in [-0.2, -0.15) is 10.2 Å². The first-order valence-corrected chi connectivity index (χ1v) is 6.03. The van der Waals surface area contributed by atoms with Crippen LogP contribution in [0.2, 0.25) is 0 Å². The first kappa shape index (κ1) is 13.8. The zero-order chi connectivity index (χ0) is 14.7. The molecule has 0 radical (unpaired) electrons. The fourth-order valence-electron chi connectivity index (χ4n) is 1.76. The van der Waals surface area contributed by atoms with E-state index in [9.17, 15) is 9.59 Å². The Morgan fingerprint density at radius 1 is 1.35 bits per heavy atom. The van der Waals surface area contributed by atoms with Crippen LogP contribution in [0.15, 0.2) is 18.6 Å². The highest BCUT2D eigenvalue weighted by molar-refractivity contribution is 5.92. The van der Waals surface area contributed by atoms with E-state index in [-0.39, 0.29) is 6.54 Å². The van der Waals surface area contributed by atoms with Crippen LogP contribution >= 0.6 is 0 Å². The first-order valence-electron chi connectivity index (χ1n) is 6.03. The highest BCUT2D eigenvalue weighted by atomic mass is 16.5. The number of hydrogen-bond acceptors (Lipinski definition) is 5. The lowest BCUT2D eigenvalue weighted by Gasteiger charge is -2.06. The number of nitrogens with zero attached hydrogens (tertiary/aromatic N) is 4. The van der Waals surface area contributed by atoms with Crippen LogP contribution in [0, 0.1) is 0 Å². The highest BCUT2D eigenvalue weighted by Crippen LogP contribution is 2.11. The molecule has 0 saturated heterocycles. The third-order valence-electron chi connectivity index (χ3n) is 2.79. The Morgan fingerprint density at radius 3 is 2.70 bits per heavy atom. The molecular formula is C12H15N5O3. The van der Waals surface area contributed by atoms with Crippen molar-refractivity contribution in [1.29, 1.82) is 0 Å². The van der Waals surface area contributed by atoms with Crippen LogP contribution in [-0.2, 0) is 18.3 Å². The molecular weight excluding hydrogens is 262 g/mol. The summed E-state index contributed by atoms with van der Waals surface area (Å²) >= 11 is 0. The number of amides is 1. The minimum Gasteiger partial charge on any atom is -0.462 e. The lowest BCUT2D eigenvalue weighted by atomic mass is 10.2. The van der Waals surface area contributed by atoms with Gasteiger partial charge in [-0.15, -0.1) is 0 Å². The maximum Gasteiger partial charge on any atom is 0.341 e. The number of rotatable bonds is 5. The summed E-state index contributed by atoms with van der Waals surface area (Å²) in [6.07, 6.45) is 4.35. The number of primary amides is 1. The summed E-state index contributed by atoms with van der Waals surface area (Å²) in [5.41, 5.74) is 6.50. The van der Waals surface area contributed by atoms with E-state index >= 15 is 0 Å². The van der Waals surface area contributed by atoms with Gasteiger partial charge in [0.1, 0.15) is 5.56 Å². The Bertz CT molecular complexity index is 643. The number of ether oxygens (including phenoxy) is 1. The topological polar surface area (TPSA) is 105 Å². The normalized spacial score (nSPS) is 10.5. The van der Waals surface area contributed by atoms with E-state index in [0.717, 1.165) is 0 Å². The molecule has 0 fully saturated rings. The van der Waals surface area contributed by atoms with Crippen molar-refractivity contribution in [2.75, 3.05) is 6.61 Å². The molecule has 2 heterocycles. The molecule has 2 N–H and O–H groups in total. The average Bonchev–Trinajstić information content (AvgIpc) is 2.99. The maximum absolute atomic E-state index is 11.8. The van der Waals surface area contributed by atoms with Gasteiger partial charge >= 0.3 is 5.97 Å². The van der Waals surface area contributed by atoms with Gasteiger partial charge in [-0.05, 0) is 6.92 Å². The first-order chi connectivity index (χ1) is 9.52. The third kappa shape index (κ3) is 2.68. The fraction of sp³-hybridized carbons (Fsp3) is 0.333. The Balaban J connectivity index is 2.26. The zero-order valence-electron chi connectivity index (χ0n) is 11.2. The van der Waals surface area contributed by atoms with Crippen LogP contribution in [0.25, 0.3) is 0 Å². The van der Waals surface area contributed by atoms with Gasteiger partial charge in [-0.25, -0.2) is 4.79 Å². The van der Waals surface area contributed by atoms with Gasteiger partial charge in [0, 0.05) is 13.2 Å². The van der Waals surface area contributed by atoms with Crippen LogP contribution in [0.1, 0.15) is 33.3 Å². The molecule has 8 heteroatoms. The monoisotopic (exact) mass is 277 g/mol. The summed E-state index contributed by atoms with van der Waals surface area (Å²) in [6, 6.07) is 0. The summed E-state index contributed by atoms with van der Waals surface area (Å²) in [4.78, 5) is 22.8. The second-order valence-electron chi connectivity index (χ2n) is 4.14. The second-order valence-corrected chi connectivity index (χ2v) is 4.14. The van der Waals surface area contributed by atoms with E-state index in [1.54, 1.807) is 18.7 Å². The van der Waals surface area contributed by atoms with Gasteiger partial charge in [-0.1, -0.05) is 0 Å². The summed E-state index contributed by atoms with van der Waals surface area (Å²) in [5.74, 6) is -0.982. The molecule has 0 aliphatic rings. The van der Waals surface area contributed by atoms with E-state index in [2.05, 4.69) is 10.2 Å². The number of nitrogens with two attached hydrogens (primary N) is 1. The molecule has 0 aliphatic heterocycles. The SMILES string of the molecule is CCOC(=O)c1cnn(C)c1Cn1cc(C(N)=O)cn1. The molecule has 8 nitrogen and oxygen atoms in total. The van der Waals surface area contributed by atoms with Crippen LogP contribution in [0.5, 0.6) is 0 Å². The van der Waals surface area contributed by atoms with Gasteiger partial charge in [0.25, 0.3) is 5.91 Å². The van der Waals surface area contributed by atoms with Crippen molar-refractivity contribution in [2.24, 2.45) is 12.8 Å². The second kappa shape index (κ2) is 5.55. The van der Waals surface area contributed by atoms with Gasteiger partial charge < -0.3 is 10.5 Å². The minimum atomic E-state index is -0.549. The van der Waals surface area contributed by atoms with Crippen molar-refractivity contribution >= 4 is 11.9 Å². The highest BCUT2D eigenvalue weighted by Gasteiger charge is 2.18. The van der Waals surface area contributed by atoms with E-state index < -0.39 is 11.9 Å². The van der Waals surface area contributed by atoms with Gasteiger partial charge in [0.05, 0.1) is 36.8 Å². The third-order valence-corrected chi connectivity index (χ3v) is 2.79. The molecule has 0 aliphatic carbocycles. The summed E-state index contributed by atoms with van der Waals surface area (Å²) < 4.78 is 8.05. The quantitative estimate of drug-likeness (QED) is 0.771. The average molecular weight is 277 g/mol. The van der Waals surface area contributed by atoms with Crippen molar-refractivity contribution in [3.8, 4) is 0 Å². The van der Waals surface area contributed by atoms with Crippen molar-refractivity contribution in [2.45, 2.75) is 13.5 Å². The Labute approximate surface area is 115 Å². The molecule has 0 spiro atoms. The van der Waals surface area contributed by atoms with Crippen molar-refractivity contribution in [1.82, 2.24) is 19.6 Å². The molecule has 0 unspecified atom stereocenters. The number of aromatic nitrogens is 4.